The van der Waals surface area contributed by atoms with Gasteiger partial charge in [-0.1, -0.05) is 11.6 Å². The quantitative estimate of drug-likeness (QED) is 0.601. The molecular weight excluding hydrogens is 288 g/mol. The number of benzene rings is 1. The fourth-order valence-electron chi connectivity index (χ4n) is 1.34. The molecule has 2 rings (SSSR count). The second-order valence-electron chi connectivity index (χ2n) is 3.58. The van der Waals surface area contributed by atoms with Crippen molar-refractivity contribution in [3.8, 4) is 11.5 Å². The van der Waals surface area contributed by atoms with Crippen LogP contribution in [0.3, 0.4) is 0 Å². The summed E-state index contributed by atoms with van der Waals surface area (Å²) in [5, 5.41) is 22.3. The van der Waals surface area contributed by atoms with E-state index < -0.39 is 5.91 Å². The molecule has 0 spiro atoms. The van der Waals surface area contributed by atoms with Crippen LogP contribution in [0, 0.1) is 0 Å². The number of rotatable bonds is 3. The smallest absolute Gasteiger partial charge is 0.271 e. The van der Waals surface area contributed by atoms with Crippen LogP contribution in [0.1, 0.15) is 15.2 Å². The summed E-state index contributed by atoms with van der Waals surface area (Å²) in [6, 6.07) is 7.08. The Kier molecular flexibility index (Phi) is 4.03. The van der Waals surface area contributed by atoms with E-state index in [1.54, 1.807) is 12.1 Å². The zero-order chi connectivity index (χ0) is 13.8. The number of hydrogen-bond acceptors (Lipinski definition) is 5. The van der Waals surface area contributed by atoms with Gasteiger partial charge in [0.1, 0.15) is 11.5 Å². The van der Waals surface area contributed by atoms with E-state index in [9.17, 15) is 15.0 Å². The van der Waals surface area contributed by atoms with Gasteiger partial charge < -0.3 is 10.2 Å². The van der Waals surface area contributed by atoms with E-state index in [0.717, 1.165) is 10.9 Å². The molecule has 5 nitrogen and oxygen atoms in total. The molecule has 1 aromatic carbocycles. The number of amides is 1. The average Bonchev–Trinajstić information content (AvgIpc) is 2.73. The molecule has 0 saturated carbocycles. The van der Waals surface area contributed by atoms with Gasteiger partial charge in [-0.25, -0.2) is 5.43 Å². The third-order valence-corrected chi connectivity index (χ3v) is 3.28. The Morgan fingerprint density at radius 2 is 1.95 bits per heavy atom. The molecule has 1 amide bonds. The first kappa shape index (κ1) is 13.4. The van der Waals surface area contributed by atoms with Gasteiger partial charge >= 0.3 is 0 Å². The summed E-state index contributed by atoms with van der Waals surface area (Å²) in [5.41, 5.74) is 2.39. The zero-order valence-corrected chi connectivity index (χ0v) is 11.1. The molecule has 0 aliphatic heterocycles. The maximum absolute atomic E-state index is 11.7. The van der Waals surface area contributed by atoms with E-state index in [2.05, 4.69) is 10.5 Å². The number of phenols is 2. The summed E-state index contributed by atoms with van der Waals surface area (Å²) in [6.07, 6.45) is 1.46. The van der Waals surface area contributed by atoms with Crippen molar-refractivity contribution in [1.29, 1.82) is 0 Å². The normalized spacial score (nSPS) is 10.8. The molecule has 98 valence electrons. The molecule has 0 aliphatic carbocycles. The predicted octanol–water partition coefficient (Wildman–Crippen LogP) is 2.58. The van der Waals surface area contributed by atoms with Gasteiger partial charge in [-0.15, -0.1) is 11.3 Å². The summed E-state index contributed by atoms with van der Waals surface area (Å²) < 4.78 is 0.630. The Bertz CT molecular complexity index is 619. The number of halogens is 1. The maximum atomic E-state index is 11.7. The van der Waals surface area contributed by atoms with Crippen molar-refractivity contribution in [2.45, 2.75) is 0 Å². The summed E-state index contributed by atoms with van der Waals surface area (Å²) in [6.45, 7) is 0. The number of nitrogens with zero attached hydrogens (tertiary/aromatic N) is 1. The molecule has 3 N–H and O–H groups in total. The summed E-state index contributed by atoms with van der Waals surface area (Å²) in [4.78, 5) is 12.5. The lowest BCUT2D eigenvalue weighted by molar-refractivity contribution is 0.0954. The van der Waals surface area contributed by atoms with Gasteiger partial charge in [-0.05, 0) is 24.3 Å². The highest BCUT2D eigenvalue weighted by Crippen LogP contribution is 2.21. The first-order chi connectivity index (χ1) is 9.04. The van der Waals surface area contributed by atoms with Gasteiger partial charge in [0.05, 0.1) is 10.6 Å². The summed E-state index contributed by atoms with van der Waals surface area (Å²) in [5.74, 6) is -0.927. The van der Waals surface area contributed by atoms with E-state index in [1.807, 2.05) is 0 Å². The zero-order valence-electron chi connectivity index (χ0n) is 9.50. The van der Waals surface area contributed by atoms with Crippen LogP contribution in [0.5, 0.6) is 11.5 Å². The number of hydrazone groups is 1. The monoisotopic (exact) mass is 296 g/mol. The molecule has 19 heavy (non-hydrogen) atoms. The lowest BCUT2D eigenvalue weighted by atomic mass is 10.2. The Labute approximate surface area is 117 Å². The molecule has 2 aromatic rings. The van der Waals surface area contributed by atoms with Crippen molar-refractivity contribution >= 4 is 35.1 Å². The Morgan fingerprint density at radius 1 is 1.26 bits per heavy atom. The second kappa shape index (κ2) is 5.73. The fourth-order valence-corrected chi connectivity index (χ4v) is 2.28. The first-order valence-corrected chi connectivity index (χ1v) is 6.36. The summed E-state index contributed by atoms with van der Waals surface area (Å²) >= 11 is 7.07. The van der Waals surface area contributed by atoms with Crippen molar-refractivity contribution in [3.05, 3.63) is 45.1 Å². The molecule has 1 aromatic heterocycles. The van der Waals surface area contributed by atoms with Crippen LogP contribution in [0.4, 0.5) is 0 Å². The molecule has 0 bridgehead atoms. The standard InChI is InChI=1S/C12H9ClN2O3S/c13-11-2-1-10(19-11)6-14-15-12(18)7-3-8(16)5-9(17)4-7/h1-6,16-17H,(H,15,18)/b14-6-. The van der Waals surface area contributed by atoms with Crippen LogP contribution >= 0.6 is 22.9 Å². The Morgan fingerprint density at radius 3 is 2.53 bits per heavy atom. The van der Waals surface area contributed by atoms with Crippen LogP contribution < -0.4 is 5.43 Å². The van der Waals surface area contributed by atoms with Crippen molar-refractivity contribution in [1.82, 2.24) is 5.43 Å². The SMILES string of the molecule is O=C(N/N=C\c1ccc(Cl)s1)c1cc(O)cc(O)c1. The van der Waals surface area contributed by atoms with Gasteiger partial charge in [-0.3, -0.25) is 4.79 Å². The van der Waals surface area contributed by atoms with E-state index in [-0.39, 0.29) is 17.1 Å². The minimum atomic E-state index is -0.537. The highest BCUT2D eigenvalue weighted by Gasteiger charge is 2.07. The highest BCUT2D eigenvalue weighted by molar-refractivity contribution is 7.17. The number of hydrogen-bond donors (Lipinski definition) is 3. The number of aromatic hydroxyl groups is 2. The van der Waals surface area contributed by atoms with Crippen LogP contribution in [-0.4, -0.2) is 22.3 Å². The van der Waals surface area contributed by atoms with Gasteiger partial charge in [0.25, 0.3) is 5.91 Å². The molecule has 0 atom stereocenters. The molecule has 7 heteroatoms. The summed E-state index contributed by atoms with van der Waals surface area (Å²) in [7, 11) is 0. The molecular formula is C12H9ClN2O3S. The molecule has 0 aliphatic rings. The molecule has 0 fully saturated rings. The van der Waals surface area contributed by atoms with Crippen molar-refractivity contribution in [3.63, 3.8) is 0 Å². The Balaban J connectivity index is 2.03. The van der Waals surface area contributed by atoms with Crippen molar-refractivity contribution in [2.24, 2.45) is 5.10 Å². The highest BCUT2D eigenvalue weighted by atomic mass is 35.5. The molecule has 0 saturated heterocycles. The van der Waals surface area contributed by atoms with E-state index in [1.165, 1.54) is 29.7 Å². The van der Waals surface area contributed by atoms with Gasteiger partial charge in [0.15, 0.2) is 0 Å². The number of carbonyl (C=O) groups excluding carboxylic acids is 1. The lowest BCUT2D eigenvalue weighted by Gasteiger charge is -2.01. The molecule has 0 radical (unpaired) electrons. The van der Waals surface area contributed by atoms with Crippen LogP contribution in [0.15, 0.2) is 35.4 Å². The predicted molar refractivity (Wildman–Crippen MR) is 74.2 cm³/mol. The van der Waals surface area contributed by atoms with Crippen molar-refractivity contribution < 1.29 is 15.0 Å². The molecule has 0 unspecified atom stereocenters. The largest absolute Gasteiger partial charge is 0.508 e. The van der Waals surface area contributed by atoms with Crippen LogP contribution in [0.25, 0.3) is 0 Å². The topological polar surface area (TPSA) is 81.9 Å². The van der Waals surface area contributed by atoms with Gasteiger partial charge in [0, 0.05) is 16.5 Å². The lowest BCUT2D eigenvalue weighted by Crippen LogP contribution is -2.17. The number of nitrogens with one attached hydrogen (secondary N) is 1. The third kappa shape index (κ3) is 3.70. The first-order valence-electron chi connectivity index (χ1n) is 5.16. The van der Waals surface area contributed by atoms with Crippen LogP contribution in [-0.2, 0) is 0 Å². The third-order valence-electron chi connectivity index (χ3n) is 2.12. The van der Waals surface area contributed by atoms with Gasteiger partial charge in [-0.2, -0.15) is 5.10 Å². The average molecular weight is 297 g/mol. The van der Waals surface area contributed by atoms with E-state index in [4.69, 9.17) is 11.6 Å². The number of phenolic OH excluding ortho intramolecular Hbond substituents is 2. The number of carbonyl (C=O) groups is 1. The minimum Gasteiger partial charge on any atom is -0.508 e. The second-order valence-corrected chi connectivity index (χ2v) is 5.33. The van der Waals surface area contributed by atoms with Gasteiger partial charge in [0.2, 0.25) is 0 Å². The molecule has 1 heterocycles. The Hall–Kier alpha value is -2.05. The van der Waals surface area contributed by atoms with E-state index >= 15 is 0 Å². The fraction of sp³-hybridized carbons (Fsp3) is 0. The maximum Gasteiger partial charge on any atom is 0.271 e. The number of thiophene rings is 1. The van der Waals surface area contributed by atoms with E-state index in [0.29, 0.717) is 4.34 Å². The minimum absolute atomic E-state index is 0.110. The van der Waals surface area contributed by atoms with Crippen molar-refractivity contribution in [2.75, 3.05) is 0 Å². The van der Waals surface area contributed by atoms with Crippen LogP contribution in [0.2, 0.25) is 4.34 Å².